The molecule has 9 nitrogen and oxygen atoms in total. The van der Waals surface area contributed by atoms with Gasteiger partial charge in [-0.15, -0.1) is 0 Å². The van der Waals surface area contributed by atoms with Crippen LogP contribution in [-0.4, -0.2) is 42.1 Å². The highest BCUT2D eigenvalue weighted by Gasteiger charge is 2.44. The van der Waals surface area contributed by atoms with Gasteiger partial charge >= 0.3 is 0 Å². The van der Waals surface area contributed by atoms with Gasteiger partial charge in [0.05, 0.1) is 26.2 Å². The summed E-state index contributed by atoms with van der Waals surface area (Å²) in [7, 11) is -3.88. The molecule has 166 valence electrons. The number of thiazole rings is 1. The molecule has 0 spiro atoms. The average Bonchev–Trinajstić information content (AvgIpc) is 3.26. The van der Waals surface area contributed by atoms with E-state index in [4.69, 9.17) is 5.14 Å². The number of imide groups is 1. The second-order valence-electron chi connectivity index (χ2n) is 7.54. The summed E-state index contributed by atoms with van der Waals surface area (Å²) >= 11 is 1.07. The molecule has 32 heavy (non-hydrogen) atoms. The number of nitrogens with one attached hydrogen (secondary N) is 1. The lowest BCUT2D eigenvalue weighted by atomic mass is 9.96. The lowest BCUT2D eigenvalue weighted by Crippen LogP contribution is -2.50. The van der Waals surface area contributed by atoms with Crippen LogP contribution >= 0.6 is 11.3 Å². The number of carbonyl (C=O) groups excluding carboxylic acids is 3. The van der Waals surface area contributed by atoms with Gasteiger partial charge < -0.3 is 5.32 Å². The predicted octanol–water partition coefficient (Wildman–Crippen LogP) is 2.59. The molecule has 3 amide bonds. The average molecular weight is 473 g/mol. The van der Waals surface area contributed by atoms with Gasteiger partial charge in [0.25, 0.3) is 11.8 Å². The highest BCUT2D eigenvalue weighted by molar-refractivity contribution is 7.89. The van der Waals surface area contributed by atoms with E-state index in [9.17, 15) is 22.8 Å². The molecule has 2 atom stereocenters. The monoisotopic (exact) mass is 472 g/mol. The minimum absolute atomic E-state index is 0.0602. The molecule has 0 fully saturated rings. The number of rotatable bonds is 6. The van der Waals surface area contributed by atoms with Crippen molar-refractivity contribution < 1.29 is 22.8 Å². The number of carbonyl (C=O) groups is 3. The number of hydrogen-bond acceptors (Lipinski definition) is 7. The molecule has 0 aliphatic carbocycles. The summed E-state index contributed by atoms with van der Waals surface area (Å²) in [5.41, 5.74) is 1.03. The highest BCUT2D eigenvalue weighted by atomic mass is 32.2. The van der Waals surface area contributed by atoms with E-state index in [1.165, 1.54) is 18.2 Å². The van der Waals surface area contributed by atoms with Crippen LogP contribution in [0.4, 0.5) is 5.13 Å². The SMILES string of the molecule is CCC(C)C(C(=O)Nc1nc2ccc(S(N)(=O)=O)cc2s1)N1C(=O)c2ccccc2C1=O. The fraction of sp³-hybridized carbons (Fsp3) is 0.238. The zero-order valence-corrected chi connectivity index (χ0v) is 18.9. The Morgan fingerprint density at radius 2 is 1.78 bits per heavy atom. The van der Waals surface area contributed by atoms with Crippen molar-refractivity contribution in [2.24, 2.45) is 11.1 Å². The van der Waals surface area contributed by atoms with Gasteiger partial charge in [0.1, 0.15) is 6.04 Å². The fourth-order valence-corrected chi connectivity index (χ4v) is 5.15. The van der Waals surface area contributed by atoms with Gasteiger partial charge in [0.15, 0.2) is 5.13 Å². The van der Waals surface area contributed by atoms with E-state index in [0.29, 0.717) is 16.6 Å². The fourth-order valence-electron chi connectivity index (χ4n) is 3.63. The first-order valence-electron chi connectivity index (χ1n) is 9.83. The predicted molar refractivity (Wildman–Crippen MR) is 120 cm³/mol. The lowest BCUT2D eigenvalue weighted by molar-refractivity contribution is -0.121. The Morgan fingerprint density at radius 1 is 1.16 bits per heavy atom. The summed E-state index contributed by atoms with van der Waals surface area (Å²) in [6, 6.07) is 9.66. The Labute approximate surface area is 188 Å². The number of nitrogens with zero attached hydrogens (tertiary/aromatic N) is 2. The number of primary sulfonamides is 1. The molecule has 2 heterocycles. The summed E-state index contributed by atoms with van der Waals surface area (Å²) in [5, 5.41) is 8.09. The normalized spacial score (nSPS) is 15.7. The number of sulfonamides is 1. The third kappa shape index (κ3) is 3.78. The van der Waals surface area contributed by atoms with Crippen LogP contribution < -0.4 is 10.5 Å². The number of aromatic nitrogens is 1. The van der Waals surface area contributed by atoms with Crippen molar-refractivity contribution in [3.63, 3.8) is 0 Å². The van der Waals surface area contributed by atoms with Crippen LogP contribution in [0.5, 0.6) is 0 Å². The Hall–Kier alpha value is -3.15. The standard InChI is InChI=1S/C21H20N4O5S2/c1-3-11(2)17(25-19(27)13-6-4-5-7-14(13)20(25)28)18(26)24-21-23-15-9-8-12(32(22,29)30)10-16(15)31-21/h4-11,17H,3H2,1-2H3,(H2,22,29,30)(H,23,24,26). The molecule has 3 aromatic rings. The maximum atomic E-state index is 13.2. The van der Waals surface area contributed by atoms with Crippen molar-refractivity contribution in [3.05, 3.63) is 53.6 Å². The summed E-state index contributed by atoms with van der Waals surface area (Å²) < 4.78 is 23.7. The minimum atomic E-state index is -3.88. The van der Waals surface area contributed by atoms with Crippen LogP contribution in [0.25, 0.3) is 10.2 Å². The van der Waals surface area contributed by atoms with Crippen LogP contribution in [0.3, 0.4) is 0 Å². The molecule has 1 aliphatic rings. The first kappa shape index (κ1) is 22.1. The molecule has 2 aromatic carbocycles. The maximum Gasteiger partial charge on any atom is 0.262 e. The van der Waals surface area contributed by atoms with Crippen LogP contribution in [0.15, 0.2) is 47.4 Å². The molecule has 4 rings (SSSR count). The van der Waals surface area contributed by atoms with Crippen molar-refractivity contribution in [1.29, 1.82) is 0 Å². The molecule has 1 aliphatic heterocycles. The van der Waals surface area contributed by atoms with Crippen molar-refractivity contribution in [1.82, 2.24) is 9.88 Å². The van der Waals surface area contributed by atoms with Crippen LogP contribution in [-0.2, 0) is 14.8 Å². The van der Waals surface area contributed by atoms with E-state index >= 15 is 0 Å². The maximum absolute atomic E-state index is 13.2. The number of anilines is 1. The summed E-state index contributed by atoms with van der Waals surface area (Å²) in [6.07, 6.45) is 0.559. The first-order chi connectivity index (χ1) is 15.1. The Balaban J connectivity index is 1.65. The molecule has 11 heteroatoms. The summed E-state index contributed by atoms with van der Waals surface area (Å²) in [6.45, 7) is 3.67. The van der Waals surface area contributed by atoms with Gasteiger partial charge in [-0.25, -0.2) is 18.5 Å². The molecule has 0 radical (unpaired) electrons. The minimum Gasteiger partial charge on any atom is -0.300 e. The molecular weight excluding hydrogens is 452 g/mol. The number of fused-ring (bicyclic) bond motifs is 2. The molecular formula is C21H20N4O5S2. The largest absolute Gasteiger partial charge is 0.300 e. The van der Waals surface area contributed by atoms with Crippen LogP contribution in [0.1, 0.15) is 41.0 Å². The molecule has 0 saturated carbocycles. The second kappa shape index (κ2) is 8.08. The van der Waals surface area contributed by atoms with Gasteiger partial charge in [-0.05, 0) is 36.2 Å². The van der Waals surface area contributed by atoms with E-state index in [0.717, 1.165) is 16.2 Å². The quantitative estimate of drug-likeness (QED) is 0.529. The first-order valence-corrected chi connectivity index (χ1v) is 12.2. The van der Waals surface area contributed by atoms with Gasteiger partial charge in [-0.1, -0.05) is 43.7 Å². The topological polar surface area (TPSA) is 140 Å². The van der Waals surface area contributed by atoms with Crippen molar-refractivity contribution >= 4 is 54.4 Å². The van der Waals surface area contributed by atoms with E-state index in [1.807, 2.05) is 6.92 Å². The zero-order valence-electron chi connectivity index (χ0n) is 17.2. The Morgan fingerprint density at radius 3 is 2.34 bits per heavy atom. The van der Waals surface area contributed by atoms with E-state index < -0.39 is 33.8 Å². The number of nitrogens with two attached hydrogens (primary N) is 1. The molecule has 1 aromatic heterocycles. The lowest BCUT2D eigenvalue weighted by Gasteiger charge is -2.29. The van der Waals surface area contributed by atoms with E-state index in [-0.39, 0.29) is 27.1 Å². The number of hydrogen-bond donors (Lipinski definition) is 2. The van der Waals surface area contributed by atoms with Crippen LogP contribution in [0.2, 0.25) is 0 Å². The van der Waals surface area contributed by atoms with Gasteiger partial charge in [0.2, 0.25) is 15.9 Å². The molecule has 3 N–H and O–H groups in total. The van der Waals surface area contributed by atoms with Gasteiger partial charge in [-0.2, -0.15) is 0 Å². The molecule has 2 unspecified atom stereocenters. The summed E-state index contributed by atoms with van der Waals surface area (Å²) in [5.74, 6) is -1.86. The van der Waals surface area contributed by atoms with Crippen LogP contribution in [0, 0.1) is 5.92 Å². The second-order valence-corrected chi connectivity index (χ2v) is 10.1. The third-order valence-electron chi connectivity index (χ3n) is 5.47. The highest BCUT2D eigenvalue weighted by Crippen LogP contribution is 2.31. The van der Waals surface area contributed by atoms with Crippen molar-refractivity contribution in [3.8, 4) is 0 Å². The Kier molecular flexibility index (Phi) is 5.57. The zero-order chi connectivity index (χ0) is 23.2. The molecule has 0 bridgehead atoms. The molecule has 0 saturated heterocycles. The van der Waals surface area contributed by atoms with Crippen molar-refractivity contribution in [2.45, 2.75) is 31.2 Å². The van der Waals surface area contributed by atoms with Gasteiger partial charge in [0, 0.05) is 0 Å². The third-order valence-corrected chi connectivity index (χ3v) is 7.32. The number of benzene rings is 2. The van der Waals surface area contributed by atoms with E-state index in [2.05, 4.69) is 10.3 Å². The number of amides is 3. The summed E-state index contributed by atoms with van der Waals surface area (Å²) in [4.78, 5) is 44.4. The van der Waals surface area contributed by atoms with E-state index in [1.54, 1.807) is 31.2 Å². The smallest absolute Gasteiger partial charge is 0.262 e. The Bertz CT molecular complexity index is 1330. The van der Waals surface area contributed by atoms with Gasteiger partial charge in [-0.3, -0.25) is 19.3 Å². The van der Waals surface area contributed by atoms with Crippen molar-refractivity contribution in [2.75, 3.05) is 5.32 Å².